The van der Waals surface area contributed by atoms with E-state index in [9.17, 15) is 8.42 Å². The lowest BCUT2D eigenvalue weighted by molar-refractivity contribution is 0.600. The quantitative estimate of drug-likeness (QED) is 0.937. The van der Waals surface area contributed by atoms with E-state index in [0.717, 1.165) is 5.56 Å². The highest BCUT2D eigenvalue weighted by Gasteiger charge is 2.17. The second kappa shape index (κ2) is 5.23. The number of anilines is 1. The summed E-state index contributed by atoms with van der Waals surface area (Å²) >= 11 is 5.95. The van der Waals surface area contributed by atoms with E-state index in [-0.39, 0.29) is 4.90 Å². The van der Waals surface area contributed by atoms with E-state index >= 15 is 0 Å². The van der Waals surface area contributed by atoms with Crippen LogP contribution in [0, 0.1) is 13.8 Å². The van der Waals surface area contributed by atoms with Gasteiger partial charge in [-0.2, -0.15) is 0 Å². The summed E-state index contributed by atoms with van der Waals surface area (Å²) in [5, 5.41) is 0.437. The maximum Gasteiger partial charge on any atom is 0.262 e. The minimum atomic E-state index is -3.61. The molecular formula is C14H14ClNO2S. The molecule has 2 rings (SSSR count). The number of hydrogen-bond donors (Lipinski definition) is 1. The minimum absolute atomic E-state index is 0.195. The molecule has 2 aromatic carbocycles. The van der Waals surface area contributed by atoms with Crippen molar-refractivity contribution in [1.82, 2.24) is 0 Å². The molecule has 0 heterocycles. The van der Waals surface area contributed by atoms with Crippen molar-refractivity contribution < 1.29 is 8.42 Å². The van der Waals surface area contributed by atoms with Gasteiger partial charge in [-0.15, -0.1) is 0 Å². The maximum atomic E-state index is 12.3. The first-order valence-electron chi connectivity index (χ1n) is 5.75. The van der Waals surface area contributed by atoms with Gasteiger partial charge in [0.15, 0.2) is 0 Å². The summed E-state index contributed by atoms with van der Waals surface area (Å²) in [6.07, 6.45) is 0. The van der Waals surface area contributed by atoms with Crippen LogP contribution >= 0.6 is 11.6 Å². The predicted octanol–water partition coefficient (Wildman–Crippen LogP) is 3.76. The molecular weight excluding hydrogens is 282 g/mol. The van der Waals surface area contributed by atoms with Gasteiger partial charge >= 0.3 is 0 Å². The number of halogens is 1. The van der Waals surface area contributed by atoms with Crippen LogP contribution < -0.4 is 4.72 Å². The molecule has 0 atom stereocenters. The minimum Gasteiger partial charge on any atom is -0.280 e. The third kappa shape index (κ3) is 3.08. The van der Waals surface area contributed by atoms with Gasteiger partial charge in [-0.3, -0.25) is 4.72 Å². The Bertz CT molecular complexity index is 694. The van der Waals surface area contributed by atoms with Crippen molar-refractivity contribution in [2.45, 2.75) is 18.7 Å². The standard InChI is InChI=1S/C14H14ClNO2S/c1-10-6-8-12(9-7-10)16-19(17,18)14-5-3-4-13(15)11(14)2/h3-9,16H,1-2H3. The monoisotopic (exact) mass is 295 g/mol. The van der Waals surface area contributed by atoms with Crippen LogP contribution in [0.15, 0.2) is 47.4 Å². The van der Waals surface area contributed by atoms with Gasteiger partial charge in [-0.05, 0) is 43.7 Å². The van der Waals surface area contributed by atoms with E-state index < -0.39 is 10.0 Å². The van der Waals surface area contributed by atoms with Gasteiger partial charge in [-0.1, -0.05) is 35.4 Å². The highest BCUT2D eigenvalue weighted by molar-refractivity contribution is 7.92. The van der Waals surface area contributed by atoms with Crippen LogP contribution in [-0.4, -0.2) is 8.42 Å². The topological polar surface area (TPSA) is 46.2 Å². The molecule has 1 N–H and O–H groups in total. The smallest absolute Gasteiger partial charge is 0.262 e. The number of aryl methyl sites for hydroxylation is 1. The average Bonchev–Trinajstić information content (AvgIpc) is 2.35. The molecule has 0 saturated carbocycles. The Morgan fingerprint density at radius 2 is 1.63 bits per heavy atom. The molecule has 19 heavy (non-hydrogen) atoms. The molecule has 100 valence electrons. The molecule has 0 aliphatic carbocycles. The average molecular weight is 296 g/mol. The Labute approximate surface area is 118 Å². The zero-order valence-electron chi connectivity index (χ0n) is 10.6. The Morgan fingerprint density at radius 3 is 2.26 bits per heavy atom. The van der Waals surface area contributed by atoms with Crippen molar-refractivity contribution in [2.75, 3.05) is 4.72 Å². The van der Waals surface area contributed by atoms with E-state index in [0.29, 0.717) is 16.3 Å². The van der Waals surface area contributed by atoms with Crippen LogP contribution in [-0.2, 0) is 10.0 Å². The molecule has 0 amide bonds. The van der Waals surface area contributed by atoms with Crippen molar-refractivity contribution in [1.29, 1.82) is 0 Å². The normalized spacial score (nSPS) is 11.3. The van der Waals surface area contributed by atoms with Crippen LogP contribution in [0.2, 0.25) is 5.02 Å². The Balaban J connectivity index is 2.38. The van der Waals surface area contributed by atoms with Crippen molar-refractivity contribution >= 4 is 27.3 Å². The molecule has 0 fully saturated rings. The number of rotatable bonds is 3. The van der Waals surface area contributed by atoms with E-state index in [4.69, 9.17) is 11.6 Å². The summed E-state index contributed by atoms with van der Waals surface area (Å²) in [7, 11) is -3.61. The maximum absolute atomic E-state index is 12.3. The number of nitrogens with one attached hydrogen (secondary N) is 1. The van der Waals surface area contributed by atoms with E-state index in [1.165, 1.54) is 6.07 Å². The van der Waals surface area contributed by atoms with Gasteiger partial charge in [0.25, 0.3) is 10.0 Å². The zero-order chi connectivity index (χ0) is 14.0. The first-order valence-corrected chi connectivity index (χ1v) is 7.61. The lowest BCUT2D eigenvalue weighted by Gasteiger charge is -2.11. The second-order valence-corrected chi connectivity index (χ2v) is 6.39. The van der Waals surface area contributed by atoms with Crippen molar-refractivity contribution in [2.24, 2.45) is 0 Å². The fourth-order valence-electron chi connectivity index (χ4n) is 1.71. The number of sulfonamides is 1. The van der Waals surface area contributed by atoms with Crippen LogP contribution in [0.4, 0.5) is 5.69 Å². The highest BCUT2D eigenvalue weighted by atomic mass is 35.5. The fourth-order valence-corrected chi connectivity index (χ4v) is 3.27. The molecule has 0 aliphatic heterocycles. The summed E-state index contributed by atoms with van der Waals surface area (Å²) < 4.78 is 27.1. The summed E-state index contributed by atoms with van der Waals surface area (Å²) in [4.78, 5) is 0.195. The summed E-state index contributed by atoms with van der Waals surface area (Å²) in [6, 6.07) is 12.0. The third-order valence-electron chi connectivity index (χ3n) is 2.81. The Morgan fingerprint density at radius 1 is 1.00 bits per heavy atom. The van der Waals surface area contributed by atoms with Gasteiger partial charge in [0, 0.05) is 10.7 Å². The molecule has 0 spiro atoms. The molecule has 5 heteroatoms. The van der Waals surface area contributed by atoms with E-state index in [2.05, 4.69) is 4.72 Å². The lowest BCUT2D eigenvalue weighted by atomic mass is 10.2. The van der Waals surface area contributed by atoms with Gasteiger partial charge in [0.05, 0.1) is 4.90 Å². The summed E-state index contributed by atoms with van der Waals surface area (Å²) in [6.45, 7) is 3.63. The predicted molar refractivity (Wildman–Crippen MR) is 78.2 cm³/mol. The van der Waals surface area contributed by atoms with Gasteiger partial charge in [0.1, 0.15) is 0 Å². The SMILES string of the molecule is Cc1ccc(NS(=O)(=O)c2cccc(Cl)c2C)cc1. The summed E-state index contributed by atoms with van der Waals surface area (Å²) in [5.74, 6) is 0. The largest absolute Gasteiger partial charge is 0.280 e. The molecule has 0 unspecified atom stereocenters. The van der Waals surface area contributed by atoms with E-state index in [1.54, 1.807) is 31.2 Å². The highest BCUT2D eigenvalue weighted by Crippen LogP contribution is 2.24. The van der Waals surface area contributed by atoms with Crippen LogP contribution in [0.25, 0.3) is 0 Å². The third-order valence-corrected chi connectivity index (χ3v) is 4.75. The van der Waals surface area contributed by atoms with Gasteiger partial charge < -0.3 is 0 Å². The Kier molecular flexibility index (Phi) is 3.83. The number of hydrogen-bond acceptors (Lipinski definition) is 2. The number of benzene rings is 2. The Hall–Kier alpha value is -1.52. The van der Waals surface area contributed by atoms with Crippen LogP contribution in [0.1, 0.15) is 11.1 Å². The van der Waals surface area contributed by atoms with Crippen LogP contribution in [0.3, 0.4) is 0 Å². The van der Waals surface area contributed by atoms with Crippen molar-refractivity contribution in [3.05, 3.63) is 58.6 Å². The fraction of sp³-hybridized carbons (Fsp3) is 0.143. The second-order valence-electron chi connectivity index (χ2n) is 4.33. The lowest BCUT2D eigenvalue weighted by Crippen LogP contribution is -2.14. The molecule has 0 saturated heterocycles. The molecule has 0 aliphatic rings. The van der Waals surface area contributed by atoms with Gasteiger partial charge in [0.2, 0.25) is 0 Å². The van der Waals surface area contributed by atoms with Crippen molar-refractivity contribution in [3.63, 3.8) is 0 Å². The zero-order valence-corrected chi connectivity index (χ0v) is 12.2. The van der Waals surface area contributed by atoms with Gasteiger partial charge in [-0.25, -0.2) is 8.42 Å². The first-order chi connectivity index (χ1) is 8.90. The molecule has 0 radical (unpaired) electrons. The summed E-state index contributed by atoms with van der Waals surface area (Å²) in [5.41, 5.74) is 2.15. The molecule has 0 bridgehead atoms. The van der Waals surface area contributed by atoms with E-state index in [1.807, 2.05) is 19.1 Å². The van der Waals surface area contributed by atoms with Crippen LogP contribution in [0.5, 0.6) is 0 Å². The van der Waals surface area contributed by atoms with Crippen molar-refractivity contribution in [3.8, 4) is 0 Å². The molecule has 2 aromatic rings. The molecule has 0 aromatic heterocycles. The first kappa shape index (κ1) is 13.9. The molecule has 3 nitrogen and oxygen atoms in total.